The molecule has 2 heterocycles. The zero-order valence-corrected chi connectivity index (χ0v) is 15.9. The lowest BCUT2D eigenvalue weighted by Crippen LogP contribution is -2.04. The lowest BCUT2D eigenvalue weighted by molar-refractivity contribution is -0.137. The quantitative estimate of drug-likeness (QED) is 0.388. The van der Waals surface area contributed by atoms with Crippen LogP contribution in [0.5, 0.6) is 0 Å². The van der Waals surface area contributed by atoms with E-state index in [4.69, 9.17) is 0 Å². The van der Waals surface area contributed by atoms with Crippen molar-refractivity contribution >= 4 is 15.9 Å². The van der Waals surface area contributed by atoms with E-state index in [1.807, 2.05) is 24.3 Å². The molecule has 0 saturated heterocycles. The van der Waals surface area contributed by atoms with Gasteiger partial charge in [0.2, 0.25) is 0 Å². The SMILES string of the molecule is FC(F)(F)c1cccc(-c2nc(-c3ccc(Br)cc3)[nH]c2-c2ccncc2)c1. The maximum Gasteiger partial charge on any atom is 0.416 e. The van der Waals surface area contributed by atoms with Gasteiger partial charge in [0.05, 0.1) is 17.0 Å². The molecule has 4 rings (SSSR count). The molecule has 0 fully saturated rings. The summed E-state index contributed by atoms with van der Waals surface area (Å²) >= 11 is 3.39. The summed E-state index contributed by atoms with van der Waals surface area (Å²) < 4.78 is 40.4. The molecule has 1 N–H and O–H groups in total. The zero-order chi connectivity index (χ0) is 19.7. The molecule has 0 aliphatic carbocycles. The summed E-state index contributed by atoms with van der Waals surface area (Å²) in [6.45, 7) is 0. The monoisotopic (exact) mass is 443 g/mol. The Morgan fingerprint density at radius 1 is 0.821 bits per heavy atom. The summed E-state index contributed by atoms with van der Waals surface area (Å²) in [5.41, 5.74) is 2.39. The number of alkyl halides is 3. The number of benzene rings is 2. The Labute approximate surface area is 167 Å². The number of nitrogens with zero attached hydrogens (tertiary/aromatic N) is 2. The van der Waals surface area contributed by atoms with Crippen LogP contribution in [0, 0.1) is 0 Å². The Kier molecular flexibility index (Phi) is 4.77. The number of nitrogens with one attached hydrogen (secondary N) is 1. The van der Waals surface area contributed by atoms with Gasteiger partial charge >= 0.3 is 6.18 Å². The number of pyridine rings is 1. The van der Waals surface area contributed by atoms with Crippen molar-refractivity contribution in [2.75, 3.05) is 0 Å². The summed E-state index contributed by atoms with van der Waals surface area (Å²) in [6.07, 6.45) is -1.16. The van der Waals surface area contributed by atoms with Crippen LogP contribution in [0.3, 0.4) is 0 Å². The molecule has 0 saturated carbocycles. The summed E-state index contributed by atoms with van der Waals surface area (Å²) in [4.78, 5) is 11.9. The van der Waals surface area contributed by atoms with Crippen LogP contribution >= 0.6 is 15.9 Å². The highest BCUT2D eigenvalue weighted by molar-refractivity contribution is 9.10. The molecular formula is C21H13BrF3N3. The molecule has 0 bridgehead atoms. The van der Waals surface area contributed by atoms with Gasteiger partial charge in [-0.25, -0.2) is 4.98 Å². The van der Waals surface area contributed by atoms with Crippen LogP contribution in [0.25, 0.3) is 33.9 Å². The van der Waals surface area contributed by atoms with Gasteiger partial charge in [0.1, 0.15) is 5.82 Å². The van der Waals surface area contributed by atoms with E-state index in [9.17, 15) is 13.2 Å². The standard InChI is InChI=1S/C21H13BrF3N3/c22-17-6-4-14(5-7-17)20-27-18(13-8-10-26-11-9-13)19(28-20)15-2-1-3-16(12-15)21(23,24)25/h1-12H,(H,27,28). The normalized spacial score (nSPS) is 11.6. The third-order valence-corrected chi connectivity index (χ3v) is 4.78. The van der Waals surface area contributed by atoms with E-state index in [2.05, 4.69) is 30.9 Å². The van der Waals surface area contributed by atoms with E-state index in [0.717, 1.165) is 27.7 Å². The van der Waals surface area contributed by atoms with E-state index in [-0.39, 0.29) is 0 Å². The predicted octanol–water partition coefficient (Wildman–Crippen LogP) is 6.59. The molecule has 0 atom stereocenters. The van der Waals surface area contributed by atoms with Gasteiger partial charge in [-0.2, -0.15) is 13.2 Å². The molecule has 2 aromatic carbocycles. The average Bonchev–Trinajstić information content (AvgIpc) is 3.14. The van der Waals surface area contributed by atoms with Crippen molar-refractivity contribution in [2.24, 2.45) is 0 Å². The van der Waals surface area contributed by atoms with Gasteiger partial charge < -0.3 is 4.98 Å². The van der Waals surface area contributed by atoms with Crippen LogP contribution in [-0.4, -0.2) is 15.0 Å². The molecule has 0 unspecified atom stereocenters. The maximum absolute atomic E-state index is 13.2. The largest absolute Gasteiger partial charge is 0.416 e. The van der Waals surface area contributed by atoms with Crippen molar-refractivity contribution in [3.63, 3.8) is 0 Å². The van der Waals surface area contributed by atoms with E-state index in [0.29, 0.717) is 22.8 Å². The van der Waals surface area contributed by atoms with Crippen LogP contribution in [0.4, 0.5) is 13.2 Å². The highest BCUT2D eigenvalue weighted by atomic mass is 79.9. The number of imidazole rings is 1. The van der Waals surface area contributed by atoms with Gasteiger partial charge in [0, 0.05) is 33.6 Å². The Bertz CT molecular complexity index is 1100. The van der Waals surface area contributed by atoms with Gasteiger partial charge in [-0.15, -0.1) is 0 Å². The van der Waals surface area contributed by atoms with E-state index < -0.39 is 11.7 Å². The van der Waals surface area contributed by atoms with Crippen LogP contribution in [0.15, 0.2) is 77.5 Å². The molecule has 0 aliphatic rings. The molecule has 4 aromatic rings. The minimum atomic E-state index is -4.42. The lowest BCUT2D eigenvalue weighted by atomic mass is 10.0. The molecule has 140 valence electrons. The number of hydrogen-bond acceptors (Lipinski definition) is 2. The van der Waals surface area contributed by atoms with E-state index in [1.54, 1.807) is 30.6 Å². The van der Waals surface area contributed by atoms with Crippen molar-refractivity contribution in [1.29, 1.82) is 0 Å². The van der Waals surface area contributed by atoms with Gasteiger partial charge in [0.25, 0.3) is 0 Å². The van der Waals surface area contributed by atoms with Gasteiger partial charge in [-0.1, -0.05) is 40.2 Å². The highest BCUT2D eigenvalue weighted by Gasteiger charge is 2.31. The molecule has 0 aliphatic heterocycles. The first-order chi connectivity index (χ1) is 13.4. The predicted molar refractivity (Wildman–Crippen MR) is 105 cm³/mol. The highest BCUT2D eigenvalue weighted by Crippen LogP contribution is 2.36. The van der Waals surface area contributed by atoms with Crippen molar-refractivity contribution in [2.45, 2.75) is 6.18 Å². The van der Waals surface area contributed by atoms with Crippen molar-refractivity contribution < 1.29 is 13.2 Å². The van der Waals surface area contributed by atoms with Crippen LogP contribution < -0.4 is 0 Å². The first kappa shape index (κ1) is 18.4. The van der Waals surface area contributed by atoms with Crippen LogP contribution in [0.1, 0.15) is 5.56 Å². The second-order valence-corrected chi connectivity index (χ2v) is 7.05. The Hall–Kier alpha value is -2.93. The van der Waals surface area contributed by atoms with Gasteiger partial charge in [-0.05, 0) is 36.4 Å². The fourth-order valence-corrected chi connectivity index (χ4v) is 3.16. The number of aromatic amines is 1. The first-order valence-corrected chi connectivity index (χ1v) is 9.15. The summed E-state index contributed by atoms with van der Waals surface area (Å²) in [7, 11) is 0. The number of aromatic nitrogens is 3. The molecule has 0 spiro atoms. The molecular weight excluding hydrogens is 431 g/mol. The first-order valence-electron chi connectivity index (χ1n) is 8.36. The van der Waals surface area contributed by atoms with Crippen molar-refractivity contribution in [3.8, 4) is 33.9 Å². The Balaban J connectivity index is 1.89. The van der Waals surface area contributed by atoms with E-state index in [1.165, 1.54) is 6.07 Å². The second kappa shape index (κ2) is 7.24. The molecule has 2 aromatic heterocycles. The third kappa shape index (κ3) is 3.71. The third-order valence-electron chi connectivity index (χ3n) is 4.25. The van der Waals surface area contributed by atoms with Crippen molar-refractivity contribution in [1.82, 2.24) is 15.0 Å². The fourth-order valence-electron chi connectivity index (χ4n) is 2.90. The minimum absolute atomic E-state index is 0.390. The fraction of sp³-hybridized carbons (Fsp3) is 0.0476. The number of rotatable bonds is 3. The maximum atomic E-state index is 13.2. The molecule has 28 heavy (non-hydrogen) atoms. The summed E-state index contributed by atoms with van der Waals surface area (Å²) in [5.74, 6) is 0.576. The van der Waals surface area contributed by atoms with Crippen LogP contribution in [0.2, 0.25) is 0 Å². The minimum Gasteiger partial charge on any atom is -0.337 e. The topological polar surface area (TPSA) is 41.6 Å². The van der Waals surface area contributed by atoms with E-state index >= 15 is 0 Å². The zero-order valence-electron chi connectivity index (χ0n) is 14.3. The summed E-state index contributed by atoms with van der Waals surface area (Å²) in [6, 6.07) is 16.3. The smallest absolute Gasteiger partial charge is 0.337 e. The number of H-pyrrole nitrogens is 1. The number of hydrogen-bond donors (Lipinski definition) is 1. The van der Waals surface area contributed by atoms with Gasteiger partial charge in [-0.3, -0.25) is 4.98 Å². The Morgan fingerprint density at radius 3 is 2.21 bits per heavy atom. The number of halogens is 4. The molecule has 0 radical (unpaired) electrons. The van der Waals surface area contributed by atoms with Gasteiger partial charge in [0.15, 0.2) is 0 Å². The summed E-state index contributed by atoms with van der Waals surface area (Å²) in [5, 5.41) is 0. The molecule has 3 nitrogen and oxygen atoms in total. The average molecular weight is 444 g/mol. The second-order valence-electron chi connectivity index (χ2n) is 6.13. The van der Waals surface area contributed by atoms with Crippen LogP contribution in [-0.2, 0) is 6.18 Å². The lowest BCUT2D eigenvalue weighted by Gasteiger charge is -2.08. The molecule has 7 heteroatoms. The molecule has 0 amide bonds. The Morgan fingerprint density at radius 2 is 1.54 bits per heavy atom. The van der Waals surface area contributed by atoms with Crippen molar-refractivity contribution in [3.05, 3.63) is 83.1 Å².